The first-order chi connectivity index (χ1) is 22.8. The van der Waals surface area contributed by atoms with E-state index in [2.05, 4.69) is 78.5 Å². The number of hydrogen-bond donors (Lipinski definition) is 0. The normalized spacial score (nSPS) is 11.1. The standard InChI is InChI=1S/C40H30N6O.Pt/c1-25(2)32-9-8-10-33(26(3)4)40(32)45-23-36(44-24-45)28-18-29(42-5)20-31(19-28)47-30-13-15-35-34-14-12-27(22-41)17-37(34)46(38(35)21-30)39-11-6-7-16-43-39;/h6-18,20,23-26H,1-4H3;/q-2;+2. The summed E-state index contributed by atoms with van der Waals surface area (Å²) < 4.78 is 10.4. The first kappa shape index (κ1) is 32.4. The smallest absolute Gasteiger partial charge is 0.504 e. The summed E-state index contributed by atoms with van der Waals surface area (Å²) in [5, 5.41) is 11.5. The van der Waals surface area contributed by atoms with Crippen LogP contribution in [0.4, 0.5) is 5.69 Å². The first-order valence-corrected chi connectivity index (χ1v) is 15.5. The second-order valence-corrected chi connectivity index (χ2v) is 12.0. The van der Waals surface area contributed by atoms with Gasteiger partial charge in [0.15, 0.2) is 0 Å². The zero-order valence-electron chi connectivity index (χ0n) is 26.8. The molecule has 0 radical (unpaired) electrons. The summed E-state index contributed by atoms with van der Waals surface area (Å²) in [6, 6.07) is 34.1. The Morgan fingerprint density at radius 2 is 1.62 bits per heavy atom. The molecule has 8 heteroatoms. The van der Waals surface area contributed by atoms with Crippen LogP contribution >= 0.6 is 0 Å². The topological polar surface area (TPSA) is 73.0 Å². The summed E-state index contributed by atoms with van der Waals surface area (Å²) >= 11 is 0. The maximum absolute atomic E-state index is 9.58. The van der Waals surface area contributed by atoms with E-state index in [4.69, 9.17) is 16.3 Å². The molecule has 3 aromatic heterocycles. The Bertz CT molecular complexity index is 2350. The van der Waals surface area contributed by atoms with Gasteiger partial charge in [0.25, 0.3) is 0 Å². The zero-order valence-corrected chi connectivity index (χ0v) is 29.1. The number of imidazole rings is 1. The Hall–Kier alpha value is -5.49. The molecule has 7 rings (SSSR count). The summed E-state index contributed by atoms with van der Waals surface area (Å²) in [7, 11) is 0. The van der Waals surface area contributed by atoms with E-state index in [1.165, 1.54) is 11.1 Å². The van der Waals surface area contributed by atoms with Gasteiger partial charge in [-0.05, 0) is 58.8 Å². The van der Waals surface area contributed by atoms with Crippen LogP contribution in [0.15, 0.2) is 97.6 Å². The molecular weight excluding hydrogens is 776 g/mol. The summed E-state index contributed by atoms with van der Waals surface area (Å²) in [6.07, 6.45) is 5.56. The van der Waals surface area contributed by atoms with Gasteiger partial charge < -0.3 is 13.9 Å². The molecule has 0 bridgehead atoms. The number of aromatic nitrogens is 4. The summed E-state index contributed by atoms with van der Waals surface area (Å²) in [4.78, 5) is 13.0. The minimum absolute atomic E-state index is 0. The largest absolute Gasteiger partial charge is 2.00 e. The number of benzene rings is 4. The van der Waals surface area contributed by atoms with Crippen molar-refractivity contribution < 1.29 is 25.8 Å². The quantitative estimate of drug-likeness (QED) is 0.151. The fourth-order valence-electron chi connectivity index (χ4n) is 6.07. The molecule has 0 fully saturated rings. The summed E-state index contributed by atoms with van der Waals surface area (Å²) in [6.45, 7) is 16.6. The number of nitriles is 1. The molecule has 0 N–H and O–H groups in total. The first-order valence-electron chi connectivity index (χ1n) is 15.5. The molecule has 0 aliphatic heterocycles. The van der Waals surface area contributed by atoms with Gasteiger partial charge in [-0.15, -0.1) is 29.1 Å². The van der Waals surface area contributed by atoms with Crippen molar-refractivity contribution in [1.29, 1.82) is 5.26 Å². The number of fused-ring (bicyclic) bond motifs is 3. The number of nitrogens with zero attached hydrogens (tertiary/aromatic N) is 6. The molecule has 0 aliphatic carbocycles. The van der Waals surface area contributed by atoms with Crippen molar-refractivity contribution in [1.82, 2.24) is 19.1 Å². The van der Waals surface area contributed by atoms with E-state index in [1.807, 2.05) is 65.6 Å². The Morgan fingerprint density at radius 3 is 2.31 bits per heavy atom. The fraction of sp³-hybridized carbons (Fsp3) is 0.150. The molecule has 0 saturated carbocycles. The van der Waals surface area contributed by atoms with Crippen LogP contribution in [0.1, 0.15) is 56.2 Å². The van der Waals surface area contributed by atoms with Gasteiger partial charge in [0.1, 0.15) is 11.5 Å². The van der Waals surface area contributed by atoms with Crippen molar-refractivity contribution in [3.8, 4) is 40.3 Å². The van der Waals surface area contributed by atoms with E-state index in [0.29, 0.717) is 51.7 Å². The van der Waals surface area contributed by atoms with Crippen LogP contribution in [0.3, 0.4) is 0 Å². The maximum Gasteiger partial charge on any atom is 2.00 e. The van der Waals surface area contributed by atoms with Crippen molar-refractivity contribution in [2.24, 2.45) is 0 Å². The van der Waals surface area contributed by atoms with Gasteiger partial charge in [-0.1, -0.05) is 75.7 Å². The Labute approximate surface area is 294 Å². The van der Waals surface area contributed by atoms with Crippen molar-refractivity contribution in [2.45, 2.75) is 39.5 Å². The molecule has 0 unspecified atom stereocenters. The number of pyridine rings is 1. The van der Waals surface area contributed by atoms with Crippen LogP contribution in [0.25, 0.3) is 49.4 Å². The molecule has 3 heterocycles. The molecule has 0 atom stereocenters. The van der Waals surface area contributed by atoms with E-state index >= 15 is 0 Å². The van der Waals surface area contributed by atoms with Gasteiger partial charge in [0, 0.05) is 28.9 Å². The maximum atomic E-state index is 9.58. The number of para-hydroxylation sites is 1. The molecular formula is C40H30N6OPt. The number of hydrogen-bond acceptors (Lipinski definition) is 4. The van der Waals surface area contributed by atoms with Gasteiger partial charge >= 0.3 is 21.1 Å². The number of rotatable bonds is 7. The van der Waals surface area contributed by atoms with Gasteiger partial charge in [-0.25, -0.2) is 4.98 Å². The van der Waals surface area contributed by atoms with Gasteiger partial charge in [-0.2, -0.15) is 11.3 Å². The monoisotopic (exact) mass is 805 g/mol. The SMILES string of the molecule is [C-]#[N+]c1cc(Oc2[c-]c3c(cc2)c2ccc(C#N)cc2n3-c2ccccn2)[c-]c(-c2cn(-c3c(C(C)C)cccc3C(C)C)cn2)c1.[Pt+2]. The third-order valence-electron chi connectivity index (χ3n) is 8.30. The molecule has 4 aromatic carbocycles. The van der Waals surface area contributed by atoms with Crippen LogP contribution in [0, 0.1) is 30.0 Å². The second-order valence-electron chi connectivity index (χ2n) is 12.0. The van der Waals surface area contributed by atoms with Gasteiger partial charge in [-0.3, -0.25) is 9.83 Å². The zero-order chi connectivity index (χ0) is 32.7. The van der Waals surface area contributed by atoms with Crippen LogP contribution in [-0.4, -0.2) is 19.1 Å². The molecule has 48 heavy (non-hydrogen) atoms. The average Bonchev–Trinajstić information content (AvgIpc) is 3.71. The van der Waals surface area contributed by atoms with Crippen LogP contribution in [0.5, 0.6) is 11.5 Å². The van der Waals surface area contributed by atoms with Crippen molar-refractivity contribution in [3.63, 3.8) is 0 Å². The van der Waals surface area contributed by atoms with Crippen molar-refractivity contribution in [3.05, 3.63) is 138 Å². The Balaban J connectivity index is 0.00000401. The molecule has 7 nitrogen and oxygen atoms in total. The molecule has 7 aromatic rings. The third kappa shape index (κ3) is 5.90. The predicted molar refractivity (Wildman–Crippen MR) is 184 cm³/mol. The molecule has 0 amide bonds. The Kier molecular flexibility index (Phi) is 9.00. The van der Waals surface area contributed by atoms with Crippen molar-refractivity contribution >= 4 is 27.5 Å². The summed E-state index contributed by atoms with van der Waals surface area (Å²) in [5.74, 6) is 2.22. The van der Waals surface area contributed by atoms with E-state index in [9.17, 15) is 5.26 Å². The molecule has 236 valence electrons. The van der Waals surface area contributed by atoms with E-state index in [0.717, 1.165) is 27.5 Å². The summed E-state index contributed by atoms with van der Waals surface area (Å²) in [5.41, 5.74) is 7.58. The van der Waals surface area contributed by atoms with E-state index < -0.39 is 0 Å². The minimum atomic E-state index is 0. The second kappa shape index (κ2) is 13.3. The van der Waals surface area contributed by atoms with E-state index in [1.54, 1.807) is 18.3 Å². The Morgan fingerprint density at radius 1 is 0.854 bits per heavy atom. The molecule has 0 aliphatic rings. The van der Waals surface area contributed by atoms with Gasteiger partial charge in [0.2, 0.25) is 0 Å². The third-order valence-corrected chi connectivity index (χ3v) is 8.30. The fourth-order valence-corrected chi connectivity index (χ4v) is 6.07. The minimum Gasteiger partial charge on any atom is -0.504 e. The number of ether oxygens (including phenoxy) is 1. The van der Waals surface area contributed by atoms with Crippen LogP contribution in [0.2, 0.25) is 0 Å². The average molecular weight is 806 g/mol. The molecule has 0 saturated heterocycles. The predicted octanol–water partition coefficient (Wildman–Crippen LogP) is 10.1. The van der Waals surface area contributed by atoms with Crippen molar-refractivity contribution in [2.75, 3.05) is 0 Å². The van der Waals surface area contributed by atoms with Crippen LogP contribution < -0.4 is 4.74 Å². The van der Waals surface area contributed by atoms with Crippen LogP contribution in [-0.2, 0) is 21.1 Å². The van der Waals surface area contributed by atoms with Gasteiger partial charge in [0.05, 0.1) is 30.2 Å². The van der Waals surface area contributed by atoms with E-state index in [-0.39, 0.29) is 21.1 Å². The molecule has 0 spiro atoms.